The minimum Gasteiger partial charge on any atom is -0.871 e. The summed E-state index contributed by atoms with van der Waals surface area (Å²) in [5, 5.41) is 46.1. The molecule has 4 N–H and O–H groups in total. The smallest absolute Gasteiger partial charge is 0.871 e. The Hall–Kier alpha value is -3.90. The molecule has 0 atom stereocenters. The molecule has 0 fully saturated rings. The number of aromatic nitrogens is 4. The molecule has 4 heterocycles. The number of carboxylic acid groups (broad SMARTS) is 2. The fraction of sp³-hybridized carbons (Fsp3) is 0.250. The molecule has 0 saturated heterocycles. The Morgan fingerprint density at radius 3 is 1.32 bits per heavy atom. The average Bonchev–Trinajstić information content (AvgIpc) is 2.79. The summed E-state index contributed by atoms with van der Waals surface area (Å²) < 4.78 is 3.27. The van der Waals surface area contributed by atoms with Crippen LogP contribution in [0.4, 0.5) is 0 Å². The van der Waals surface area contributed by atoms with Gasteiger partial charge in [0, 0.05) is 25.0 Å². The van der Waals surface area contributed by atoms with Gasteiger partial charge in [0.1, 0.15) is 11.4 Å². The molecule has 0 aromatic carbocycles. The maximum atomic E-state index is 11.9. The van der Waals surface area contributed by atoms with Crippen molar-refractivity contribution < 1.29 is 67.2 Å². The minimum atomic E-state index is -1.46. The van der Waals surface area contributed by atoms with Crippen molar-refractivity contribution >= 4 is 34.0 Å². The maximum Gasteiger partial charge on any atom is 2.00 e. The molecule has 0 amide bonds. The molecule has 0 saturated carbocycles. The second kappa shape index (κ2) is 13.4. The number of fused-ring (bicyclic) bond motifs is 2. The molecular weight excluding hydrogens is 536 g/mol. The van der Waals surface area contributed by atoms with E-state index in [0.717, 1.165) is 11.4 Å². The van der Waals surface area contributed by atoms with Crippen LogP contribution < -0.4 is 29.6 Å². The second-order valence-corrected chi connectivity index (χ2v) is 7.54. The first-order valence-corrected chi connectivity index (χ1v) is 10.5. The van der Waals surface area contributed by atoms with E-state index in [2.05, 4.69) is 9.97 Å². The molecule has 12 nitrogen and oxygen atoms in total. The predicted octanol–water partition coefficient (Wildman–Crippen LogP) is -3.08. The summed E-state index contributed by atoms with van der Waals surface area (Å²) in [4.78, 5) is 30.2. The van der Waals surface area contributed by atoms with Crippen molar-refractivity contribution in [3.8, 4) is 11.5 Å². The van der Waals surface area contributed by atoms with Gasteiger partial charge >= 0.3 is 28.4 Å². The molecule has 0 unspecified atom stereocenters. The first-order valence-electron chi connectivity index (χ1n) is 10.5. The van der Waals surface area contributed by atoms with Crippen LogP contribution in [0, 0.1) is 13.8 Å². The molecule has 4 rings (SSSR count). The maximum absolute atomic E-state index is 11.9. The third-order valence-electron chi connectivity index (χ3n) is 5.24. The number of carbonyl (C=O) groups is 2. The van der Waals surface area contributed by atoms with Crippen LogP contribution in [0.1, 0.15) is 46.0 Å². The van der Waals surface area contributed by atoms with Crippen LogP contribution >= 0.6 is 0 Å². The predicted molar refractivity (Wildman–Crippen MR) is 119 cm³/mol. The van der Waals surface area contributed by atoms with Gasteiger partial charge in [0.05, 0.1) is 48.2 Å². The molecule has 0 aliphatic heterocycles. The first kappa shape index (κ1) is 33.1. The molecule has 0 aliphatic rings. The van der Waals surface area contributed by atoms with Crippen molar-refractivity contribution in [2.24, 2.45) is 0 Å². The Kier molecular flexibility index (Phi) is 12.0. The van der Waals surface area contributed by atoms with Crippen molar-refractivity contribution in [2.75, 3.05) is 0 Å². The first-order chi connectivity index (χ1) is 16.1. The number of hydrogen-bond acceptors (Lipinski definition) is 8. The summed E-state index contributed by atoms with van der Waals surface area (Å²) in [7, 11) is 0. The number of carbonyl (C=O) groups excluding carboxylic acids is 2. The summed E-state index contributed by atoms with van der Waals surface area (Å²) in [6.07, 6.45) is 2.57. The van der Waals surface area contributed by atoms with Gasteiger partial charge in [0.15, 0.2) is 0 Å². The third-order valence-corrected chi connectivity index (χ3v) is 5.24. The molecule has 0 aliphatic carbocycles. The largest absolute Gasteiger partial charge is 2.00 e. The molecule has 201 valence electrons. The Morgan fingerprint density at radius 2 is 1.05 bits per heavy atom. The van der Waals surface area contributed by atoms with Crippen LogP contribution in [-0.2, 0) is 30.2 Å². The van der Waals surface area contributed by atoms with Gasteiger partial charge in [0.2, 0.25) is 0 Å². The van der Waals surface area contributed by atoms with Crippen LogP contribution in [0.2, 0.25) is 0 Å². The van der Waals surface area contributed by atoms with Crippen LogP contribution in [0.25, 0.3) is 22.1 Å². The van der Waals surface area contributed by atoms with E-state index in [-0.39, 0.29) is 39.1 Å². The summed E-state index contributed by atoms with van der Waals surface area (Å²) in [6, 6.07) is 6.56. The summed E-state index contributed by atoms with van der Waals surface area (Å²) >= 11 is 0. The number of carboxylic acids is 2. The zero-order chi connectivity index (χ0) is 25.2. The SMILES string of the molecule is CC[n+]1cc(C(=O)[O-])c([O-])c2ccc(C)nc21.CC[n+]1cc(C(=O)[O-])c([O-])c2ccc(C)nc21.O.O.[Cu+2]. The number of rotatable bonds is 4. The van der Waals surface area contributed by atoms with Crippen molar-refractivity contribution in [3.05, 3.63) is 59.2 Å². The van der Waals surface area contributed by atoms with Gasteiger partial charge in [-0.15, -0.1) is 0 Å². The number of nitrogens with zero attached hydrogens (tertiary/aromatic N) is 4. The zero-order valence-corrected chi connectivity index (χ0v) is 21.4. The van der Waals surface area contributed by atoms with E-state index in [1.807, 2.05) is 27.7 Å². The molecule has 37 heavy (non-hydrogen) atoms. The summed E-state index contributed by atoms with van der Waals surface area (Å²) in [6.45, 7) is 8.41. The van der Waals surface area contributed by atoms with Crippen LogP contribution in [-0.4, -0.2) is 32.9 Å². The molecule has 4 aromatic heterocycles. The van der Waals surface area contributed by atoms with Crippen molar-refractivity contribution in [1.29, 1.82) is 0 Å². The van der Waals surface area contributed by atoms with Gasteiger partial charge in [-0.25, -0.2) is 9.13 Å². The number of pyridine rings is 4. The Labute approximate surface area is 222 Å². The van der Waals surface area contributed by atoms with Gasteiger partial charge in [-0.1, -0.05) is 11.5 Å². The van der Waals surface area contributed by atoms with Gasteiger partial charge in [0.25, 0.3) is 0 Å². The molecule has 4 aromatic rings. The normalized spacial score (nSPS) is 9.84. The minimum absolute atomic E-state index is 0. The van der Waals surface area contributed by atoms with Crippen molar-refractivity contribution in [2.45, 2.75) is 40.8 Å². The van der Waals surface area contributed by atoms with Crippen molar-refractivity contribution in [1.82, 2.24) is 9.97 Å². The second-order valence-electron chi connectivity index (χ2n) is 7.54. The van der Waals surface area contributed by atoms with E-state index in [4.69, 9.17) is 0 Å². The van der Waals surface area contributed by atoms with Crippen LogP contribution in [0.15, 0.2) is 36.7 Å². The number of hydrogen-bond donors (Lipinski definition) is 0. The van der Waals surface area contributed by atoms with E-state index in [9.17, 15) is 30.0 Å². The zero-order valence-electron chi connectivity index (χ0n) is 20.4. The molecule has 13 heteroatoms. The summed E-state index contributed by atoms with van der Waals surface area (Å²) in [5.74, 6) is -4.01. The molecule has 1 radical (unpaired) electrons. The van der Waals surface area contributed by atoms with Gasteiger partial charge in [-0.2, -0.15) is 0 Å². The number of aromatic carboxylic acids is 2. The Morgan fingerprint density at radius 1 is 0.730 bits per heavy atom. The van der Waals surface area contributed by atoms with E-state index < -0.39 is 23.4 Å². The van der Waals surface area contributed by atoms with Crippen molar-refractivity contribution in [3.63, 3.8) is 0 Å². The van der Waals surface area contributed by atoms with Gasteiger partial charge in [-0.05, 0) is 48.1 Å². The van der Waals surface area contributed by atoms with E-state index >= 15 is 0 Å². The van der Waals surface area contributed by atoms with Gasteiger partial charge < -0.3 is 41.0 Å². The topological polar surface area (TPSA) is 223 Å². The Bertz CT molecular complexity index is 1340. The van der Waals surface area contributed by atoms with Gasteiger partial charge in [-0.3, -0.25) is 0 Å². The third kappa shape index (κ3) is 6.66. The van der Waals surface area contributed by atoms with E-state index in [1.165, 1.54) is 12.4 Å². The van der Waals surface area contributed by atoms with E-state index in [1.54, 1.807) is 33.4 Å². The average molecular weight is 562 g/mol. The fourth-order valence-electron chi connectivity index (χ4n) is 3.49. The summed E-state index contributed by atoms with van der Waals surface area (Å²) in [5.41, 5.74) is 1.90. The van der Waals surface area contributed by atoms with Crippen LogP contribution in [0.3, 0.4) is 0 Å². The number of aryl methyl sites for hydroxylation is 4. The van der Waals surface area contributed by atoms with Crippen LogP contribution in [0.5, 0.6) is 11.5 Å². The quantitative estimate of drug-likeness (QED) is 0.183. The molecular formula is C24H26CuN4O8. The standard InChI is InChI=1S/2C12H12N2O3.Cu.2H2O/c2*1-3-14-6-9(12(16)17)10(15)8-5-4-7(2)13-11(8)14;;;/h2*4-6H,3H2,1-2H3,(H,16,17);;2*1H2/q;;+2;;/p-2. The molecule has 0 bridgehead atoms. The Balaban J connectivity index is 0.000000648. The monoisotopic (exact) mass is 561 g/mol. The fourth-order valence-corrected chi connectivity index (χ4v) is 3.49. The van der Waals surface area contributed by atoms with E-state index in [0.29, 0.717) is 35.2 Å². The molecule has 0 spiro atoms.